The maximum Gasteiger partial charge on any atom is 0.344 e. The van der Waals surface area contributed by atoms with Crippen molar-refractivity contribution in [3.05, 3.63) is 48.0 Å². The fraction of sp³-hybridized carbons (Fsp3) is 0.500. The van der Waals surface area contributed by atoms with Crippen LogP contribution in [-0.4, -0.2) is 69.4 Å². The smallest absolute Gasteiger partial charge is 0.344 e. The molecule has 1 atom stereocenters. The predicted octanol–water partition coefficient (Wildman–Crippen LogP) is 2.76. The standard InChI is InChI=1S/C26H36N2O8S/c1-3-34-26(31)17-36-22-10-6-19(7-11-22)18-4-8-20(9-5-18)27-15-21(29)16-35-23-12-13-25(30)24(14-23)28-37(2,32)33/h6-7,10-14,18,20-21,27-30H,3-5,8-9,15-17H2,1-2H3/t18-,20-,21-/m0/s1. The molecule has 10 nitrogen and oxygen atoms in total. The van der Waals surface area contributed by atoms with Gasteiger partial charge in [0.05, 0.1) is 18.6 Å². The van der Waals surface area contributed by atoms with Crippen molar-refractivity contribution in [2.45, 2.75) is 50.7 Å². The van der Waals surface area contributed by atoms with Crippen LogP contribution in [0.25, 0.3) is 0 Å². The second-order valence-corrected chi connectivity index (χ2v) is 10.9. The van der Waals surface area contributed by atoms with Gasteiger partial charge in [-0.2, -0.15) is 0 Å². The van der Waals surface area contributed by atoms with Crippen LogP contribution in [-0.2, 0) is 19.6 Å². The van der Waals surface area contributed by atoms with E-state index in [1.165, 1.54) is 23.8 Å². The van der Waals surface area contributed by atoms with E-state index in [1.807, 2.05) is 24.3 Å². The van der Waals surface area contributed by atoms with E-state index in [1.54, 1.807) is 6.92 Å². The number of rotatable bonds is 13. The van der Waals surface area contributed by atoms with Crippen LogP contribution in [0.2, 0.25) is 0 Å². The van der Waals surface area contributed by atoms with Crippen LogP contribution < -0.4 is 19.5 Å². The Bertz CT molecular complexity index is 1120. The summed E-state index contributed by atoms with van der Waals surface area (Å²) >= 11 is 0. The van der Waals surface area contributed by atoms with E-state index in [9.17, 15) is 23.4 Å². The van der Waals surface area contributed by atoms with Crippen molar-refractivity contribution < 1.29 is 37.6 Å². The zero-order valence-electron chi connectivity index (χ0n) is 21.2. The predicted molar refractivity (Wildman–Crippen MR) is 140 cm³/mol. The van der Waals surface area contributed by atoms with Gasteiger partial charge in [0.2, 0.25) is 10.0 Å². The van der Waals surface area contributed by atoms with Gasteiger partial charge in [0.1, 0.15) is 30.0 Å². The highest BCUT2D eigenvalue weighted by atomic mass is 32.2. The van der Waals surface area contributed by atoms with Crippen LogP contribution in [0.15, 0.2) is 42.5 Å². The molecule has 0 radical (unpaired) electrons. The number of aromatic hydroxyl groups is 1. The second-order valence-electron chi connectivity index (χ2n) is 9.14. The highest BCUT2D eigenvalue weighted by Gasteiger charge is 2.23. The minimum Gasteiger partial charge on any atom is -0.506 e. The molecule has 0 aliphatic heterocycles. The van der Waals surface area contributed by atoms with Gasteiger partial charge in [-0.25, -0.2) is 13.2 Å². The molecule has 2 aromatic rings. The molecule has 11 heteroatoms. The summed E-state index contributed by atoms with van der Waals surface area (Å²) in [7, 11) is -3.55. The Morgan fingerprint density at radius 1 is 1.05 bits per heavy atom. The van der Waals surface area contributed by atoms with Crippen LogP contribution in [0.3, 0.4) is 0 Å². The molecule has 4 N–H and O–H groups in total. The Kier molecular flexibility index (Phi) is 10.4. The van der Waals surface area contributed by atoms with Gasteiger partial charge in [0, 0.05) is 18.7 Å². The van der Waals surface area contributed by atoms with Gasteiger partial charge in [-0.05, 0) is 68.4 Å². The molecule has 3 rings (SSSR count). The topological polar surface area (TPSA) is 143 Å². The third kappa shape index (κ3) is 9.75. The van der Waals surface area contributed by atoms with E-state index < -0.39 is 16.1 Å². The molecule has 1 aliphatic carbocycles. The van der Waals surface area contributed by atoms with Gasteiger partial charge in [-0.15, -0.1) is 0 Å². The molecule has 1 aliphatic rings. The molecule has 2 aromatic carbocycles. The lowest BCUT2D eigenvalue weighted by Crippen LogP contribution is -2.39. The van der Waals surface area contributed by atoms with Crippen LogP contribution in [0, 0.1) is 0 Å². The number of aliphatic hydroxyl groups is 1. The van der Waals surface area contributed by atoms with Crippen molar-refractivity contribution in [3.63, 3.8) is 0 Å². The summed E-state index contributed by atoms with van der Waals surface area (Å²) in [5.74, 6) is 0.827. The molecule has 1 saturated carbocycles. The number of esters is 1. The van der Waals surface area contributed by atoms with Crippen molar-refractivity contribution in [1.82, 2.24) is 5.32 Å². The number of sulfonamides is 1. The monoisotopic (exact) mass is 536 g/mol. The van der Waals surface area contributed by atoms with Crippen LogP contribution in [0.5, 0.6) is 17.2 Å². The number of phenolic OH excluding ortho intramolecular Hbond substituents is 1. The number of aliphatic hydroxyl groups excluding tert-OH is 1. The molecule has 0 aromatic heterocycles. The number of carbonyl (C=O) groups excluding carboxylic acids is 1. The van der Waals surface area contributed by atoms with Gasteiger partial charge < -0.3 is 29.7 Å². The van der Waals surface area contributed by atoms with Crippen molar-refractivity contribution in [2.24, 2.45) is 0 Å². The first-order chi connectivity index (χ1) is 17.6. The van der Waals surface area contributed by atoms with Crippen molar-refractivity contribution >= 4 is 21.7 Å². The third-order valence-corrected chi connectivity index (χ3v) is 6.68. The van der Waals surface area contributed by atoms with Gasteiger partial charge >= 0.3 is 5.97 Å². The largest absolute Gasteiger partial charge is 0.506 e. The number of hydrogen-bond donors (Lipinski definition) is 4. The summed E-state index contributed by atoms with van der Waals surface area (Å²) in [6.45, 7) is 2.38. The van der Waals surface area contributed by atoms with Crippen molar-refractivity contribution in [1.29, 1.82) is 0 Å². The lowest BCUT2D eigenvalue weighted by atomic mass is 9.81. The number of ether oxygens (including phenoxy) is 3. The Labute approximate surface area is 218 Å². The highest BCUT2D eigenvalue weighted by molar-refractivity contribution is 7.92. The summed E-state index contributed by atoms with van der Waals surface area (Å²) < 4.78 is 40.9. The van der Waals surface area contributed by atoms with Crippen molar-refractivity contribution in [3.8, 4) is 17.2 Å². The Hall–Kier alpha value is -3.02. The first-order valence-corrected chi connectivity index (χ1v) is 14.3. The molecular formula is C26H36N2O8S. The zero-order chi connectivity index (χ0) is 26.8. The number of benzene rings is 2. The summed E-state index contributed by atoms with van der Waals surface area (Å²) in [4.78, 5) is 11.4. The van der Waals surface area contributed by atoms with Gasteiger partial charge in [-0.3, -0.25) is 4.72 Å². The molecule has 37 heavy (non-hydrogen) atoms. The summed E-state index contributed by atoms with van der Waals surface area (Å²) in [5, 5.41) is 23.5. The number of anilines is 1. The van der Waals surface area contributed by atoms with E-state index in [0.29, 0.717) is 36.6 Å². The molecule has 0 amide bonds. The molecule has 0 bridgehead atoms. The second kappa shape index (κ2) is 13.5. The molecule has 0 saturated heterocycles. The van der Waals surface area contributed by atoms with Crippen molar-refractivity contribution in [2.75, 3.05) is 37.3 Å². The third-order valence-electron chi connectivity index (χ3n) is 6.09. The van der Waals surface area contributed by atoms with Crippen LogP contribution in [0.1, 0.15) is 44.1 Å². The van der Waals surface area contributed by atoms with E-state index in [-0.39, 0.29) is 30.6 Å². The summed E-state index contributed by atoms with van der Waals surface area (Å²) in [5.41, 5.74) is 1.26. The Morgan fingerprint density at radius 3 is 2.38 bits per heavy atom. The fourth-order valence-electron chi connectivity index (χ4n) is 4.25. The number of phenols is 1. The van der Waals surface area contributed by atoms with Crippen LogP contribution >= 0.6 is 0 Å². The normalized spacial score (nSPS) is 18.6. The minimum absolute atomic E-state index is 0.0169. The summed E-state index contributed by atoms with van der Waals surface area (Å²) in [6, 6.07) is 12.3. The first-order valence-electron chi connectivity index (χ1n) is 12.4. The summed E-state index contributed by atoms with van der Waals surface area (Å²) in [6.07, 6.45) is 4.26. The first kappa shape index (κ1) is 28.5. The van der Waals surface area contributed by atoms with Gasteiger partial charge in [-0.1, -0.05) is 12.1 Å². The number of carbonyl (C=O) groups is 1. The Morgan fingerprint density at radius 2 is 1.73 bits per heavy atom. The minimum atomic E-state index is -3.55. The fourth-order valence-corrected chi connectivity index (χ4v) is 4.82. The molecule has 0 spiro atoms. The Balaban J connectivity index is 1.37. The van der Waals surface area contributed by atoms with Gasteiger partial charge in [0.15, 0.2) is 6.61 Å². The van der Waals surface area contributed by atoms with Gasteiger partial charge in [0.25, 0.3) is 0 Å². The molecular weight excluding hydrogens is 500 g/mol. The molecule has 0 unspecified atom stereocenters. The quantitative estimate of drug-likeness (QED) is 0.224. The number of hydrogen-bond acceptors (Lipinski definition) is 9. The molecule has 1 fully saturated rings. The van der Waals surface area contributed by atoms with E-state index in [2.05, 4.69) is 10.0 Å². The van der Waals surface area contributed by atoms with Crippen LogP contribution in [0.4, 0.5) is 5.69 Å². The average molecular weight is 537 g/mol. The number of nitrogens with one attached hydrogen (secondary N) is 2. The lowest BCUT2D eigenvalue weighted by molar-refractivity contribution is -0.145. The SMILES string of the molecule is CCOC(=O)COc1ccc([C@H]2CC[C@H](NC[C@H](O)COc3ccc(O)c(NS(C)(=O)=O)c3)CC2)cc1. The average Bonchev–Trinajstić information content (AvgIpc) is 2.87. The molecule has 0 heterocycles. The molecule has 204 valence electrons. The maximum atomic E-state index is 11.4. The zero-order valence-corrected chi connectivity index (χ0v) is 22.0. The van der Waals surface area contributed by atoms with E-state index in [0.717, 1.165) is 31.9 Å². The maximum absolute atomic E-state index is 11.4. The highest BCUT2D eigenvalue weighted by Crippen LogP contribution is 2.33. The van der Waals surface area contributed by atoms with E-state index >= 15 is 0 Å². The lowest BCUT2D eigenvalue weighted by Gasteiger charge is -2.30. The van der Waals surface area contributed by atoms with E-state index in [4.69, 9.17) is 14.2 Å².